The minimum absolute atomic E-state index is 0.109. The lowest BCUT2D eigenvalue weighted by Crippen LogP contribution is -2.49. The first-order chi connectivity index (χ1) is 17.4. The van der Waals surface area contributed by atoms with Gasteiger partial charge in [-0.05, 0) is 75.2 Å². The molecule has 2 saturated carbocycles. The molecule has 1 saturated heterocycles. The highest BCUT2D eigenvalue weighted by atomic mass is 32.1. The van der Waals surface area contributed by atoms with Crippen molar-refractivity contribution in [3.63, 3.8) is 0 Å². The Kier molecular flexibility index (Phi) is 7.20. The van der Waals surface area contributed by atoms with Crippen molar-refractivity contribution in [1.29, 1.82) is 0 Å². The molecule has 0 unspecified atom stereocenters. The Morgan fingerprint density at radius 1 is 1.00 bits per heavy atom. The van der Waals surface area contributed by atoms with E-state index in [2.05, 4.69) is 25.1 Å². The molecule has 1 aromatic heterocycles. The van der Waals surface area contributed by atoms with Crippen LogP contribution in [0.4, 0.5) is 11.4 Å². The predicted molar refractivity (Wildman–Crippen MR) is 138 cm³/mol. The Morgan fingerprint density at radius 2 is 1.72 bits per heavy atom. The zero-order valence-corrected chi connectivity index (χ0v) is 21.4. The van der Waals surface area contributed by atoms with Gasteiger partial charge in [0.2, 0.25) is 5.91 Å². The molecule has 192 valence electrons. The molecule has 2 aliphatic carbocycles. The zero-order chi connectivity index (χ0) is 25.2. The lowest BCUT2D eigenvalue weighted by molar-refractivity contribution is -0.132. The van der Waals surface area contributed by atoms with Crippen molar-refractivity contribution < 1.29 is 14.4 Å². The van der Waals surface area contributed by atoms with Gasteiger partial charge < -0.3 is 26.2 Å². The average Bonchev–Trinajstić information content (AvgIpc) is 3.65. The molecule has 0 atom stereocenters. The minimum atomic E-state index is -0.301. The van der Waals surface area contributed by atoms with Gasteiger partial charge in [0.15, 0.2) is 0 Å². The third-order valence-electron chi connectivity index (χ3n) is 7.33. The molecule has 4 N–H and O–H groups in total. The predicted octanol–water partition coefficient (Wildman–Crippen LogP) is 2.16. The Labute approximate surface area is 214 Å². The second kappa shape index (κ2) is 10.5. The van der Waals surface area contributed by atoms with Crippen LogP contribution in [-0.4, -0.2) is 70.5 Å². The highest BCUT2D eigenvalue weighted by molar-refractivity contribution is 7.08. The van der Waals surface area contributed by atoms with Crippen LogP contribution in [0.2, 0.25) is 0 Å². The summed E-state index contributed by atoms with van der Waals surface area (Å²) in [6.45, 7) is 4.36. The molecule has 11 heteroatoms. The van der Waals surface area contributed by atoms with Gasteiger partial charge in [0.05, 0.1) is 17.1 Å². The highest BCUT2D eigenvalue weighted by Gasteiger charge is 2.35. The van der Waals surface area contributed by atoms with Crippen LogP contribution in [-0.2, 0) is 4.79 Å². The number of nitrogens with two attached hydrogens (primary N) is 1. The van der Waals surface area contributed by atoms with Gasteiger partial charge in [0, 0.05) is 49.7 Å². The summed E-state index contributed by atoms with van der Waals surface area (Å²) in [6, 6.07) is 5.75. The Balaban J connectivity index is 1.34. The van der Waals surface area contributed by atoms with E-state index in [0.717, 1.165) is 55.7 Å². The number of benzene rings is 1. The van der Waals surface area contributed by atoms with Crippen molar-refractivity contribution >= 4 is 40.6 Å². The van der Waals surface area contributed by atoms with Gasteiger partial charge in [0.1, 0.15) is 4.88 Å². The monoisotopic (exact) mass is 511 g/mol. The lowest BCUT2D eigenvalue weighted by Gasteiger charge is -2.37. The van der Waals surface area contributed by atoms with Crippen molar-refractivity contribution in [1.82, 2.24) is 19.8 Å². The van der Waals surface area contributed by atoms with Crippen molar-refractivity contribution in [2.75, 3.05) is 36.4 Å². The minimum Gasteiger partial charge on any atom is -0.366 e. The van der Waals surface area contributed by atoms with Gasteiger partial charge in [0.25, 0.3) is 11.8 Å². The maximum absolute atomic E-state index is 13.1. The number of rotatable bonds is 6. The summed E-state index contributed by atoms with van der Waals surface area (Å²) in [5, 5.41) is 10.1. The van der Waals surface area contributed by atoms with Crippen LogP contribution in [0.5, 0.6) is 0 Å². The van der Waals surface area contributed by atoms with E-state index < -0.39 is 0 Å². The smallest absolute Gasteiger partial charge is 0.269 e. The van der Waals surface area contributed by atoms with Gasteiger partial charge in [-0.15, -0.1) is 5.10 Å². The van der Waals surface area contributed by atoms with E-state index in [9.17, 15) is 14.4 Å². The van der Waals surface area contributed by atoms with Gasteiger partial charge in [-0.2, -0.15) is 0 Å². The van der Waals surface area contributed by atoms with Gasteiger partial charge in [-0.25, -0.2) is 0 Å². The molecule has 2 aromatic rings. The molecule has 36 heavy (non-hydrogen) atoms. The zero-order valence-electron chi connectivity index (χ0n) is 20.5. The van der Waals surface area contributed by atoms with Crippen molar-refractivity contribution in [2.45, 2.75) is 57.5 Å². The van der Waals surface area contributed by atoms with E-state index in [1.807, 2.05) is 11.0 Å². The molecule has 0 spiro atoms. The van der Waals surface area contributed by atoms with E-state index in [0.29, 0.717) is 48.0 Å². The summed E-state index contributed by atoms with van der Waals surface area (Å²) in [6.07, 6.45) is 5.55. The number of anilines is 2. The second-order valence-electron chi connectivity index (χ2n) is 10.0. The first-order valence-electron chi connectivity index (χ1n) is 12.7. The number of hydrogen-bond acceptors (Lipinski definition) is 8. The fourth-order valence-electron chi connectivity index (χ4n) is 4.96. The maximum Gasteiger partial charge on any atom is 0.269 e. The molecular formula is C25H33N7O3S. The van der Waals surface area contributed by atoms with E-state index in [4.69, 9.17) is 5.73 Å². The summed E-state index contributed by atoms with van der Waals surface area (Å²) in [5.41, 5.74) is 8.45. The largest absolute Gasteiger partial charge is 0.366 e. The number of carbonyl (C=O) groups is 3. The SMILES string of the molecule is Cc1nnsc1C(=O)Nc1cc(C(=O)NC2CCC(N)CC2)ccc1N1CCN(C(=O)C2CC2)CC1. The summed E-state index contributed by atoms with van der Waals surface area (Å²) in [7, 11) is 0. The molecule has 0 bridgehead atoms. The van der Waals surface area contributed by atoms with E-state index in [-0.39, 0.29) is 35.7 Å². The normalized spacial score (nSPS) is 22.3. The fourth-order valence-corrected chi connectivity index (χ4v) is 5.51. The number of aryl methyl sites for hydroxylation is 1. The molecule has 3 amide bonds. The molecule has 10 nitrogen and oxygen atoms in total. The Hall–Kier alpha value is -3.05. The Bertz CT molecular complexity index is 1130. The summed E-state index contributed by atoms with van der Waals surface area (Å²) in [4.78, 5) is 43.1. The highest BCUT2D eigenvalue weighted by Crippen LogP contribution is 2.33. The van der Waals surface area contributed by atoms with Crippen molar-refractivity contribution in [3.05, 3.63) is 34.3 Å². The van der Waals surface area contributed by atoms with Crippen molar-refractivity contribution in [2.24, 2.45) is 11.7 Å². The van der Waals surface area contributed by atoms with Gasteiger partial charge in [-0.3, -0.25) is 14.4 Å². The summed E-state index contributed by atoms with van der Waals surface area (Å²) in [5.74, 6) is 0.00511. The van der Waals surface area contributed by atoms with Crippen molar-refractivity contribution in [3.8, 4) is 0 Å². The van der Waals surface area contributed by atoms with Gasteiger partial charge in [-0.1, -0.05) is 4.49 Å². The van der Waals surface area contributed by atoms with Crippen LogP contribution in [0.15, 0.2) is 18.2 Å². The molecule has 1 aromatic carbocycles. The van der Waals surface area contributed by atoms with E-state index in [1.54, 1.807) is 19.1 Å². The number of piperazine rings is 1. The molecule has 2 heterocycles. The van der Waals surface area contributed by atoms with Crippen LogP contribution < -0.4 is 21.3 Å². The van der Waals surface area contributed by atoms with Gasteiger partial charge >= 0.3 is 0 Å². The fraction of sp³-hybridized carbons (Fsp3) is 0.560. The molecule has 3 fully saturated rings. The van der Waals surface area contributed by atoms with E-state index in [1.165, 1.54) is 0 Å². The standard InChI is InChI=1S/C25H33N7O3S/c1-15-22(36-30-29-15)24(34)28-20-14-17(23(33)27-19-7-5-18(26)6-8-19)4-9-21(20)31-10-12-32(13-11-31)25(35)16-2-3-16/h4,9,14,16,18-19H,2-3,5-8,10-13,26H2,1H3,(H,27,33)(H,28,34). The summed E-state index contributed by atoms with van der Waals surface area (Å²) >= 11 is 1.04. The number of hydrogen-bond donors (Lipinski definition) is 3. The first kappa shape index (κ1) is 24.6. The average molecular weight is 512 g/mol. The second-order valence-corrected chi connectivity index (χ2v) is 10.8. The maximum atomic E-state index is 13.1. The molecule has 3 aliphatic rings. The third-order valence-corrected chi connectivity index (χ3v) is 8.16. The molecule has 5 rings (SSSR count). The molecule has 0 radical (unpaired) electrons. The van der Waals surface area contributed by atoms with E-state index >= 15 is 0 Å². The number of amides is 3. The number of nitrogens with one attached hydrogen (secondary N) is 2. The Morgan fingerprint density at radius 3 is 2.36 bits per heavy atom. The lowest BCUT2D eigenvalue weighted by atomic mass is 9.91. The topological polar surface area (TPSA) is 134 Å². The van der Waals surface area contributed by atoms with Crippen LogP contribution in [0.1, 0.15) is 64.2 Å². The van der Waals surface area contributed by atoms with Crippen LogP contribution in [0, 0.1) is 12.8 Å². The van der Waals surface area contributed by atoms with Crippen LogP contribution in [0.3, 0.4) is 0 Å². The molecule has 1 aliphatic heterocycles. The van der Waals surface area contributed by atoms with Crippen LogP contribution >= 0.6 is 11.5 Å². The number of nitrogens with zero attached hydrogens (tertiary/aromatic N) is 4. The molecular weight excluding hydrogens is 478 g/mol. The quantitative estimate of drug-likeness (QED) is 0.541. The van der Waals surface area contributed by atoms with Crippen LogP contribution in [0.25, 0.3) is 0 Å². The first-order valence-corrected chi connectivity index (χ1v) is 13.5. The third kappa shape index (κ3) is 5.52. The summed E-state index contributed by atoms with van der Waals surface area (Å²) < 4.78 is 3.87. The number of aromatic nitrogens is 2. The number of carbonyl (C=O) groups excluding carboxylic acids is 3.